The molecule has 3 rings (SSSR count). The summed E-state index contributed by atoms with van der Waals surface area (Å²) in [7, 11) is 2.09. The molecule has 0 radical (unpaired) electrons. The van der Waals surface area contributed by atoms with Crippen LogP contribution in [0.1, 0.15) is 68.5 Å². The lowest BCUT2D eigenvalue weighted by atomic mass is 10.0. The molecule has 2 heterocycles. The Kier molecular flexibility index (Phi) is 6.76. The van der Waals surface area contributed by atoms with Crippen LogP contribution in [0.4, 0.5) is 0 Å². The third-order valence-corrected chi connectivity index (χ3v) is 5.40. The molecule has 0 spiro atoms. The Morgan fingerprint density at radius 1 is 1.21 bits per heavy atom. The highest BCUT2D eigenvalue weighted by Crippen LogP contribution is 2.42. The van der Waals surface area contributed by atoms with E-state index < -0.39 is 0 Å². The maximum Gasteiger partial charge on any atom is 0.152 e. The quantitative estimate of drug-likeness (QED) is 0.628. The number of aromatic nitrogens is 1. The molecule has 4 heteroatoms. The van der Waals surface area contributed by atoms with Crippen LogP contribution in [-0.2, 0) is 16.0 Å². The van der Waals surface area contributed by atoms with Gasteiger partial charge in [0.15, 0.2) is 5.78 Å². The number of ether oxygens (including phenoxy) is 1. The number of ketones is 1. The molecule has 3 atom stereocenters. The first-order valence-corrected chi connectivity index (χ1v) is 10.1. The second kappa shape index (κ2) is 9.26. The van der Waals surface area contributed by atoms with Crippen molar-refractivity contribution in [1.29, 1.82) is 0 Å². The van der Waals surface area contributed by atoms with Gasteiger partial charge in [-0.3, -0.25) is 14.7 Å². The van der Waals surface area contributed by atoms with E-state index >= 15 is 0 Å². The van der Waals surface area contributed by atoms with E-state index in [0.29, 0.717) is 0 Å². The lowest BCUT2D eigenvalue weighted by Gasteiger charge is -2.22. The van der Waals surface area contributed by atoms with Crippen LogP contribution in [0, 0.1) is 0 Å². The van der Waals surface area contributed by atoms with Crippen molar-refractivity contribution in [2.24, 2.45) is 0 Å². The van der Waals surface area contributed by atoms with Crippen molar-refractivity contribution in [3.05, 3.63) is 71.1 Å². The predicted molar refractivity (Wildman–Crippen MR) is 113 cm³/mol. The minimum atomic E-state index is -0.195. The van der Waals surface area contributed by atoms with Gasteiger partial charge >= 0.3 is 0 Å². The largest absolute Gasteiger partial charge is 0.349 e. The van der Waals surface area contributed by atoms with E-state index in [-0.39, 0.29) is 24.2 Å². The van der Waals surface area contributed by atoms with E-state index in [1.54, 1.807) is 13.0 Å². The third kappa shape index (κ3) is 4.57. The molecular formula is C24H30N2O2. The van der Waals surface area contributed by atoms with Crippen molar-refractivity contribution in [3.8, 4) is 0 Å². The van der Waals surface area contributed by atoms with Crippen LogP contribution in [0.3, 0.4) is 0 Å². The monoisotopic (exact) mass is 378 g/mol. The van der Waals surface area contributed by atoms with Gasteiger partial charge in [0, 0.05) is 17.3 Å². The zero-order chi connectivity index (χ0) is 20.1. The summed E-state index contributed by atoms with van der Waals surface area (Å²) in [6.45, 7) is 5.92. The number of allylic oxidation sites excluding steroid dienone is 1. The molecule has 1 aromatic carbocycles. The Labute approximate surface area is 168 Å². The molecule has 0 aliphatic carbocycles. The summed E-state index contributed by atoms with van der Waals surface area (Å²) in [6.07, 6.45) is 6.40. The number of carbonyl (C=O) groups excluding carboxylic acids is 1. The normalized spacial score (nSPS) is 22.8. The highest BCUT2D eigenvalue weighted by molar-refractivity contribution is 5.91. The molecule has 1 aromatic heterocycles. The number of rotatable bonds is 7. The Balaban J connectivity index is 1.93. The van der Waals surface area contributed by atoms with Crippen molar-refractivity contribution >= 4 is 11.9 Å². The lowest BCUT2D eigenvalue weighted by Crippen LogP contribution is -2.27. The lowest BCUT2D eigenvalue weighted by molar-refractivity contribution is -0.112. The predicted octanol–water partition coefficient (Wildman–Crippen LogP) is 5.12. The number of unbranched alkanes of at least 4 members (excludes halogenated alkanes) is 1. The Hall–Kier alpha value is -2.30. The highest BCUT2D eigenvalue weighted by Gasteiger charge is 2.39. The second-order valence-corrected chi connectivity index (χ2v) is 7.55. The molecule has 1 aliphatic rings. The van der Waals surface area contributed by atoms with Crippen molar-refractivity contribution in [2.75, 3.05) is 7.05 Å². The zero-order valence-corrected chi connectivity index (χ0v) is 17.3. The molecule has 0 bridgehead atoms. The molecule has 1 saturated heterocycles. The minimum absolute atomic E-state index is 0.000560. The van der Waals surface area contributed by atoms with Crippen molar-refractivity contribution in [2.45, 2.75) is 58.4 Å². The first kappa shape index (κ1) is 20.4. The van der Waals surface area contributed by atoms with Crippen LogP contribution in [0.25, 0.3) is 6.08 Å². The first-order chi connectivity index (χ1) is 13.5. The van der Waals surface area contributed by atoms with Crippen molar-refractivity contribution < 1.29 is 9.53 Å². The summed E-state index contributed by atoms with van der Waals surface area (Å²) < 4.78 is 6.49. The van der Waals surface area contributed by atoms with E-state index in [0.717, 1.165) is 36.2 Å². The van der Waals surface area contributed by atoms with Crippen LogP contribution in [0.5, 0.6) is 0 Å². The van der Waals surface area contributed by atoms with Gasteiger partial charge in [-0.1, -0.05) is 49.7 Å². The Bertz CT molecular complexity index is 832. The van der Waals surface area contributed by atoms with Crippen molar-refractivity contribution in [3.63, 3.8) is 0 Å². The summed E-state index contributed by atoms with van der Waals surface area (Å²) in [5, 5.41) is 0. The van der Waals surface area contributed by atoms with Crippen molar-refractivity contribution in [1.82, 2.24) is 9.88 Å². The maximum absolute atomic E-state index is 11.5. The Morgan fingerprint density at radius 2 is 1.96 bits per heavy atom. The van der Waals surface area contributed by atoms with E-state index in [2.05, 4.69) is 50.1 Å². The minimum Gasteiger partial charge on any atom is -0.349 e. The fraction of sp³-hybridized carbons (Fsp3) is 0.417. The fourth-order valence-corrected chi connectivity index (χ4v) is 3.63. The van der Waals surface area contributed by atoms with E-state index in [1.807, 2.05) is 24.3 Å². The number of nitrogens with zero attached hydrogens (tertiary/aromatic N) is 2. The van der Waals surface area contributed by atoms with Crippen LogP contribution >= 0.6 is 0 Å². The molecule has 4 nitrogen and oxygen atoms in total. The van der Waals surface area contributed by atoms with Gasteiger partial charge in [0.25, 0.3) is 0 Å². The number of hydrogen-bond acceptors (Lipinski definition) is 4. The molecule has 28 heavy (non-hydrogen) atoms. The molecular weight excluding hydrogens is 348 g/mol. The van der Waals surface area contributed by atoms with Gasteiger partial charge in [-0.05, 0) is 57.5 Å². The third-order valence-electron chi connectivity index (χ3n) is 5.40. The molecule has 0 amide bonds. The van der Waals surface area contributed by atoms with Gasteiger partial charge in [0.05, 0.1) is 5.69 Å². The first-order valence-electron chi connectivity index (χ1n) is 10.1. The molecule has 0 N–H and O–H groups in total. The molecule has 0 saturated carbocycles. The van der Waals surface area contributed by atoms with Crippen LogP contribution in [-0.4, -0.2) is 28.8 Å². The van der Waals surface area contributed by atoms with Crippen LogP contribution < -0.4 is 0 Å². The molecule has 3 unspecified atom stereocenters. The van der Waals surface area contributed by atoms with Gasteiger partial charge in [0.2, 0.25) is 0 Å². The van der Waals surface area contributed by atoms with Crippen LogP contribution in [0.15, 0.2) is 48.5 Å². The number of pyridine rings is 1. The van der Waals surface area contributed by atoms with Crippen LogP contribution in [0.2, 0.25) is 0 Å². The van der Waals surface area contributed by atoms with Gasteiger partial charge in [-0.15, -0.1) is 0 Å². The average molecular weight is 379 g/mol. The number of carbonyl (C=O) groups is 1. The highest BCUT2D eigenvalue weighted by atomic mass is 16.5. The maximum atomic E-state index is 11.5. The summed E-state index contributed by atoms with van der Waals surface area (Å²) in [5.74, 6) is 0.0166. The van der Waals surface area contributed by atoms with E-state index in [4.69, 9.17) is 9.72 Å². The van der Waals surface area contributed by atoms with Gasteiger partial charge in [-0.2, -0.15) is 0 Å². The summed E-state index contributed by atoms with van der Waals surface area (Å²) in [6, 6.07) is 14.8. The summed E-state index contributed by atoms with van der Waals surface area (Å²) in [4.78, 5) is 18.6. The number of hydrogen-bond donors (Lipinski definition) is 0. The number of benzene rings is 1. The van der Waals surface area contributed by atoms with E-state index in [1.165, 1.54) is 5.56 Å². The smallest absolute Gasteiger partial charge is 0.152 e. The van der Waals surface area contributed by atoms with Gasteiger partial charge in [-0.25, -0.2) is 0 Å². The summed E-state index contributed by atoms with van der Waals surface area (Å²) in [5.41, 5.74) is 4.06. The molecule has 1 aliphatic heterocycles. The van der Waals surface area contributed by atoms with E-state index in [9.17, 15) is 4.79 Å². The number of likely N-dealkylation sites (N-methyl/N-ethyl adjacent to an activating group) is 1. The summed E-state index contributed by atoms with van der Waals surface area (Å²) >= 11 is 0. The van der Waals surface area contributed by atoms with Gasteiger partial charge in [0.1, 0.15) is 12.3 Å². The topological polar surface area (TPSA) is 42.4 Å². The number of aryl methyl sites for hydroxylation is 1. The Morgan fingerprint density at radius 3 is 2.64 bits per heavy atom. The average Bonchev–Trinajstić information content (AvgIpc) is 3.00. The fourth-order valence-electron chi connectivity index (χ4n) is 3.63. The molecule has 148 valence electrons. The standard InChI is InChI=1S/C24H30N2O2/c1-5-6-12-20-14-15-21(22(25-20)16-13-17(2)27)24-26(4)18(3)23(28-24)19-10-8-7-9-11-19/h7-11,13-16,18,23-24H,5-6,12H2,1-4H3/b16-13+. The van der Waals surface area contributed by atoms with Gasteiger partial charge < -0.3 is 4.74 Å². The molecule has 1 fully saturated rings. The SMILES string of the molecule is CCCCc1ccc(C2OC(c3ccccc3)C(C)N2C)c(/C=C/C(C)=O)n1. The second-order valence-electron chi connectivity index (χ2n) is 7.55. The molecule has 2 aromatic rings. The zero-order valence-electron chi connectivity index (χ0n) is 17.3.